The third-order valence-corrected chi connectivity index (χ3v) is 3.34. The lowest BCUT2D eigenvalue weighted by Crippen LogP contribution is -2.14. The molecule has 4 heteroatoms. The summed E-state index contributed by atoms with van der Waals surface area (Å²) in [4.78, 5) is 13.8. The Morgan fingerprint density at radius 3 is 2.50 bits per heavy atom. The molecule has 1 aromatic carbocycles. The number of thiophene rings is 1. The van der Waals surface area contributed by atoms with Gasteiger partial charge in [-0.15, -0.1) is 0 Å². The summed E-state index contributed by atoms with van der Waals surface area (Å²) in [7, 11) is 3.98. The molecule has 0 unspecified atom stereocenters. The molecule has 0 fully saturated rings. The molecule has 0 aliphatic carbocycles. The minimum atomic E-state index is 0.0194. The summed E-state index contributed by atoms with van der Waals surface area (Å²) >= 11 is 1.61. The fourth-order valence-electron chi connectivity index (χ4n) is 1.63. The maximum Gasteiger partial charge on any atom is 0.228 e. The molecule has 0 aliphatic rings. The lowest BCUT2D eigenvalue weighted by molar-refractivity contribution is -0.115. The van der Waals surface area contributed by atoms with E-state index in [1.807, 2.05) is 60.1 Å². The maximum atomic E-state index is 11.8. The monoisotopic (exact) mass is 260 g/mol. The van der Waals surface area contributed by atoms with Crippen molar-refractivity contribution in [2.45, 2.75) is 6.42 Å². The Hall–Kier alpha value is -1.81. The van der Waals surface area contributed by atoms with Crippen molar-refractivity contribution in [2.24, 2.45) is 0 Å². The van der Waals surface area contributed by atoms with Gasteiger partial charge in [0.2, 0.25) is 5.91 Å². The minimum Gasteiger partial charge on any atom is -0.378 e. The van der Waals surface area contributed by atoms with E-state index in [1.165, 1.54) is 0 Å². The number of rotatable bonds is 4. The van der Waals surface area contributed by atoms with Crippen molar-refractivity contribution in [3.8, 4) is 0 Å². The number of nitrogens with zero attached hydrogens (tertiary/aromatic N) is 1. The molecule has 0 aliphatic heterocycles. The third-order valence-electron chi connectivity index (χ3n) is 2.61. The first-order chi connectivity index (χ1) is 8.65. The highest BCUT2D eigenvalue weighted by molar-refractivity contribution is 7.08. The Labute approximate surface area is 111 Å². The van der Waals surface area contributed by atoms with Gasteiger partial charge in [0, 0.05) is 25.5 Å². The van der Waals surface area contributed by atoms with Gasteiger partial charge in [0.05, 0.1) is 6.42 Å². The summed E-state index contributed by atoms with van der Waals surface area (Å²) in [6, 6.07) is 9.78. The highest BCUT2D eigenvalue weighted by atomic mass is 32.1. The Morgan fingerprint density at radius 1 is 1.22 bits per heavy atom. The number of hydrogen-bond acceptors (Lipinski definition) is 3. The van der Waals surface area contributed by atoms with Crippen LogP contribution >= 0.6 is 11.3 Å². The molecule has 94 valence electrons. The number of carbonyl (C=O) groups is 1. The van der Waals surface area contributed by atoms with Gasteiger partial charge in [0.1, 0.15) is 0 Å². The van der Waals surface area contributed by atoms with Crippen molar-refractivity contribution in [2.75, 3.05) is 24.3 Å². The van der Waals surface area contributed by atoms with Crippen molar-refractivity contribution < 1.29 is 4.79 Å². The molecule has 2 aromatic rings. The molecule has 1 N–H and O–H groups in total. The number of carbonyl (C=O) groups excluding carboxylic acids is 1. The zero-order valence-corrected chi connectivity index (χ0v) is 11.3. The predicted octanol–water partition coefficient (Wildman–Crippen LogP) is 3.00. The molecule has 1 amide bonds. The molecule has 0 saturated heterocycles. The van der Waals surface area contributed by atoms with Crippen LogP contribution in [0.4, 0.5) is 11.4 Å². The zero-order valence-electron chi connectivity index (χ0n) is 10.5. The van der Waals surface area contributed by atoms with E-state index in [4.69, 9.17) is 0 Å². The first-order valence-electron chi connectivity index (χ1n) is 5.73. The maximum absolute atomic E-state index is 11.8. The molecule has 18 heavy (non-hydrogen) atoms. The zero-order chi connectivity index (χ0) is 13.0. The number of nitrogens with one attached hydrogen (secondary N) is 1. The van der Waals surface area contributed by atoms with Crippen molar-refractivity contribution >= 4 is 28.6 Å². The van der Waals surface area contributed by atoms with Gasteiger partial charge in [-0.1, -0.05) is 0 Å². The SMILES string of the molecule is CN(C)c1ccc(NC(=O)Cc2ccsc2)cc1. The van der Waals surface area contributed by atoms with E-state index in [1.54, 1.807) is 11.3 Å². The molecule has 0 radical (unpaired) electrons. The Balaban J connectivity index is 1.95. The van der Waals surface area contributed by atoms with E-state index < -0.39 is 0 Å². The fourth-order valence-corrected chi connectivity index (χ4v) is 2.30. The van der Waals surface area contributed by atoms with Gasteiger partial charge in [-0.05, 0) is 46.7 Å². The molecular formula is C14H16N2OS. The molecule has 0 atom stereocenters. The normalized spacial score (nSPS) is 10.1. The van der Waals surface area contributed by atoms with Crippen LogP contribution in [0.15, 0.2) is 41.1 Å². The average Bonchev–Trinajstić information content (AvgIpc) is 2.82. The quantitative estimate of drug-likeness (QED) is 0.916. The van der Waals surface area contributed by atoms with E-state index in [-0.39, 0.29) is 5.91 Å². The largest absolute Gasteiger partial charge is 0.378 e. The van der Waals surface area contributed by atoms with Crippen LogP contribution in [0.2, 0.25) is 0 Å². The van der Waals surface area contributed by atoms with Crippen molar-refractivity contribution in [3.05, 3.63) is 46.7 Å². The summed E-state index contributed by atoms with van der Waals surface area (Å²) < 4.78 is 0. The molecular weight excluding hydrogens is 244 g/mol. The fraction of sp³-hybridized carbons (Fsp3) is 0.214. The van der Waals surface area contributed by atoms with Gasteiger partial charge in [-0.2, -0.15) is 11.3 Å². The van der Waals surface area contributed by atoms with Gasteiger partial charge < -0.3 is 10.2 Å². The van der Waals surface area contributed by atoms with Gasteiger partial charge >= 0.3 is 0 Å². The predicted molar refractivity (Wildman–Crippen MR) is 77.4 cm³/mol. The van der Waals surface area contributed by atoms with Crippen molar-refractivity contribution in [3.63, 3.8) is 0 Å². The Morgan fingerprint density at radius 2 is 1.94 bits per heavy atom. The second-order valence-electron chi connectivity index (χ2n) is 4.30. The topological polar surface area (TPSA) is 32.3 Å². The summed E-state index contributed by atoms with van der Waals surface area (Å²) in [5.41, 5.74) is 3.01. The number of anilines is 2. The van der Waals surface area contributed by atoms with Crippen LogP contribution in [0, 0.1) is 0 Å². The molecule has 0 bridgehead atoms. The molecule has 0 saturated carbocycles. The first kappa shape index (κ1) is 12.6. The van der Waals surface area contributed by atoms with Gasteiger partial charge in [-0.3, -0.25) is 4.79 Å². The molecule has 3 nitrogen and oxygen atoms in total. The van der Waals surface area contributed by atoms with E-state index in [9.17, 15) is 4.79 Å². The van der Waals surface area contributed by atoms with Crippen LogP contribution in [0.1, 0.15) is 5.56 Å². The molecule has 2 rings (SSSR count). The second-order valence-corrected chi connectivity index (χ2v) is 5.08. The minimum absolute atomic E-state index is 0.0194. The summed E-state index contributed by atoms with van der Waals surface area (Å²) in [5, 5.41) is 6.87. The van der Waals surface area contributed by atoms with Crippen LogP contribution in [-0.2, 0) is 11.2 Å². The molecule has 1 aromatic heterocycles. The highest BCUT2D eigenvalue weighted by Gasteiger charge is 2.04. The van der Waals surface area contributed by atoms with Crippen LogP contribution in [0.5, 0.6) is 0 Å². The van der Waals surface area contributed by atoms with Crippen LogP contribution in [0.3, 0.4) is 0 Å². The smallest absolute Gasteiger partial charge is 0.228 e. The lowest BCUT2D eigenvalue weighted by atomic mass is 10.2. The second kappa shape index (κ2) is 5.69. The Kier molecular flexibility index (Phi) is 3.99. The number of benzene rings is 1. The van der Waals surface area contributed by atoms with Crippen molar-refractivity contribution in [1.29, 1.82) is 0 Å². The Bertz CT molecular complexity index is 503. The van der Waals surface area contributed by atoms with Gasteiger partial charge in [0.25, 0.3) is 0 Å². The molecule has 1 heterocycles. The van der Waals surface area contributed by atoms with Crippen LogP contribution in [-0.4, -0.2) is 20.0 Å². The first-order valence-corrected chi connectivity index (χ1v) is 6.68. The van der Waals surface area contributed by atoms with Crippen LogP contribution in [0.25, 0.3) is 0 Å². The number of hydrogen-bond donors (Lipinski definition) is 1. The van der Waals surface area contributed by atoms with E-state index in [0.29, 0.717) is 6.42 Å². The van der Waals surface area contributed by atoms with E-state index in [2.05, 4.69) is 5.32 Å². The van der Waals surface area contributed by atoms with Crippen LogP contribution < -0.4 is 10.2 Å². The number of amides is 1. The molecule has 0 spiro atoms. The highest BCUT2D eigenvalue weighted by Crippen LogP contribution is 2.16. The third kappa shape index (κ3) is 3.34. The van der Waals surface area contributed by atoms with Gasteiger partial charge in [-0.25, -0.2) is 0 Å². The summed E-state index contributed by atoms with van der Waals surface area (Å²) in [6.45, 7) is 0. The summed E-state index contributed by atoms with van der Waals surface area (Å²) in [5.74, 6) is 0.0194. The van der Waals surface area contributed by atoms with Gasteiger partial charge in [0.15, 0.2) is 0 Å². The summed E-state index contributed by atoms with van der Waals surface area (Å²) in [6.07, 6.45) is 0.429. The van der Waals surface area contributed by atoms with E-state index >= 15 is 0 Å². The van der Waals surface area contributed by atoms with E-state index in [0.717, 1.165) is 16.9 Å². The van der Waals surface area contributed by atoms with Crippen molar-refractivity contribution in [1.82, 2.24) is 0 Å². The standard InChI is InChI=1S/C14H16N2OS/c1-16(2)13-5-3-12(4-6-13)15-14(17)9-11-7-8-18-10-11/h3-8,10H,9H2,1-2H3,(H,15,17). The lowest BCUT2D eigenvalue weighted by Gasteiger charge is -2.13. The average molecular weight is 260 g/mol.